The van der Waals surface area contributed by atoms with Gasteiger partial charge in [-0.25, -0.2) is 4.79 Å². The highest BCUT2D eigenvalue weighted by Crippen LogP contribution is 2.18. The van der Waals surface area contributed by atoms with Crippen LogP contribution in [0.5, 0.6) is 5.75 Å². The number of ether oxygens (including phenoxy) is 1. The number of nitrogens with two attached hydrogens (primary N) is 1. The summed E-state index contributed by atoms with van der Waals surface area (Å²) in [6.45, 7) is 0.287. The maximum Gasteiger partial charge on any atom is 0.328 e. The van der Waals surface area contributed by atoms with Crippen molar-refractivity contribution in [1.82, 2.24) is 9.55 Å². The highest BCUT2D eigenvalue weighted by atomic mass is 79.9. The van der Waals surface area contributed by atoms with Gasteiger partial charge in [0.25, 0.3) is 5.56 Å². The minimum absolute atomic E-state index is 0.287. The summed E-state index contributed by atoms with van der Waals surface area (Å²) in [5.41, 5.74) is 6.17. The van der Waals surface area contributed by atoms with Crippen molar-refractivity contribution in [2.24, 2.45) is 0 Å². The van der Waals surface area contributed by atoms with Gasteiger partial charge in [-0.1, -0.05) is 0 Å². The summed E-state index contributed by atoms with van der Waals surface area (Å²) in [6, 6.07) is 5.21. The molecule has 0 aliphatic carbocycles. The number of methoxy groups -OCH3 is 1. The van der Waals surface area contributed by atoms with E-state index in [1.165, 1.54) is 10.8 Å². The number of hydrogen-bond acceptors (Lipinski definition) is 4. The van der Waals surface area contributed by atoms with Crippen molar-refractivity contribution in [3.8, 4) is 5.75 Å². The Morgan fingerprint density at radius 2 is 2.11 bits per heavy atom. The molecule has 6 nitrogen and oxygen atoms in total. The molecular weight excluding hydrogens is 314 g/mol. The minimum atomic E-state index is -0.477. The SMILES string of the molecule is COc1cc(N)cc(Cn2cc(Br)c(=O)[nH]c2=O)c1. The van der Waals surface area contributed by atoms with Gasteiger partial charge in [0, 0.05) is 18.0 Å². The highest BCUT2D eigenvalue weighted by Gasteiger charge is 2.05. The first-order valence-electron chi connectivity index (χ1n) is 5.42. The zero-order chi connectivity index (χ0) is 14.0. The van der Waals surface area contributed by atoms with Gasteiger partial charge in [-0.2, -0.15) is 0 Å². The van der Waals surface area contributed by atoms with Gasteiger partial charge in [-0.05, 0) is 33.6 Å². The molecule has 0 saturated carbocycles. The van der Waals surface area contributed by atoms with Crippen molar-refractivity contribution in [3.05, 3.63) is 55.3 Å². The largest absolute Gasteiger partial charge is 0.497 e. The van der Waals surface area contributed by atoms with E-state index >= 15 is 0 Å². The van der Waals surface area contributed by atoms with Gasteiger partial charge in [0.15, 0.2) is 0 Å². The van der Waals surface area contributed by atoms with Gasteiger partial charge in [0.05, 0.1) is 18.1 Å². The number of aromatic amines is 1. The van der Waals surface area contributed by atoms with Crippen molar-refractivity contribution in [3.63, 3.8) is 0 Å². The molecule has 2 aromatic rings. The number of anilines is 1. The van der Waals surface area contributed by atoms with Crippen LogP contribution in [0.2, 0.25) is 0 Å². The molecule has 100 valence electrons. The fourth-order valence-corrected chi connectivity index (χ4v) is 2.04. The predicted molar refractivity (Wildman–Crippen MR) is 75.5 cm³/mol. The quantitative estimate of drug-likeness (QED) is 0.822. The third kappa shape index (κ3) is 3.05. The number of aromatic nitrogens is 2. The third-order valence-electron chi connectivity index (χ3n) is 2.54. The lowest BCUT2D eigenvalue weighted by Crippen LogP contribution is -2.30. The number of benzene rings is 1. The molecule has 0 spiro atoms. The van der Waals surface area contributed by atoms with E-state index in [1.807, 2.05) is 0 Å². The van der Waals surface area contributed by atoms with E-state index in [4.69, 9.17) is 10.5 Å². The van der Waals surface area contributed by atoms with E-state index in [9.17, 15) is 9.59 Å². The summed E-state index contributed by atoms with van der Waals surface area (Å²) in [6.07, 6.45) is 1.44. The molecule has 3 N–H and O–H groups in total. The predicted octanol–water partition coefficient (Wildman–Crippen LogP) is 0.938. The Morgan fingerprint density at radius 3 is 2.79 bits per heavy atom. The lowest BCUT2D eigenvalue weighted by atomic mass is 10.2. The lowest BCUT2D eigenvalue weighted by molar-refractivity contribution is 0.414. The number of nitrogen functional groups attached to an aromatic ring is 1. The van der Waals surface area contributed by atoms with E-state index < -0.39 is 11.2 Å². The van der Waals surface area contributed by atoms with E-state index in [0.29, 0.717) is 15.9 Å². The zero-order valence-corrected chi connectivity index (χ0v) is 11.7. The first kappa shape index (κ1) is 13.4. The van der Waals surface area contributed by atoms with E-state index in [0.717, 1.165) is 5.56 Å². The van der Waals surface area contributed by atoms with E-state index in [-0.39, 0.29) is 6.54 Å². The molecule has 7 heteroatoms. The Hall–Kier alpha value is -2.02. The number of nitrogens with one attached hydrogen (secondary N) is 1. The second-order valence-electron chi connectivity index (χ2n) is 3.98. The molecule has 1 aromatic heterocycles. The molecule has 0 aliphatic rings. The van der Waals surface area contributed by atoms with Gasteiger partial charge in [0.1, 0.15) is 5.75 Å². The van der Waals surface area contributed by atoms with Crippen LogP contribution in [-0.2, 0) is 6.54 Å². The average Bonchev–Trinajstić information content (AvgIpc) is 2.35. The molecule has 0 aliphatic heterocycles. The fraction of sp³-hybridized carbons (Fsp3) is 0.167. The normalized spacial score (nSPS) is 10.4. The molecule has 0 saturated heterocycles. The molecule has 0 fully saturated rings. The van der Waals surface area contributed by atoms with Crippen molar-refractivity contribution in [1.29, 1.82) is 0 Å². The van der Waals surface area contributed by atoms with Crippen LogP contribution in [0, 0.1) is 0 Å². The van der Waals surface area contributed by atoms with E-state index in [1.54, 1.807) is 25.3 Å². The molecule has 0 bridgehead atoms. The monoisotopic (exact) mass is 325 g/mol. The first-order valence-corrected chi connectivity index (χ1v) is 6.21. The molecule has 0 amide bonds. The van der Waals surface area contributed by atoms with Crippen LogP contribution in [0.15, 0.2) is 38.5 Å². The number of halogens is 1. The van der Waals surface area contributed by atoms with Crippen LogP contribution in [0.1, 0.15) is 5.56 Å². The van der Waals surface area contributed by atoms with Gasteiger partial charge in [-0.3, -0.25) is 14.3 Å². The number of H-pyrrole nitrogens is 1. The van der Waals surface area contributed by atoms with Crippen LogP contribution in [0.4, 0.5) is 5.69 Å². The second kappa shape index (κ2) is 5.31. The van der Waals surface area contributed by atoms with Crippen molar-refractivity contribution in [2.75, 3.05) is 12.8 Å². The van der Waals surface area contributed by atoms with Crippen molar-refractivity contribution in [2.45, 2.75) is 6.54 Å². The lowest BCUT2D eigenvalue weighted by Gasteiger charge is -2.08. The van der Waals surface area contributed by atoms with Crippen LogP contribution >= 0.6 is 15.9 Å². The van der Waals surface area contributed by atoms with Gasteiger partial charge in [0.2, 0.25) is 0 Å². The Bertz CT molecular complexity index is 721. The Morgan fingerprint density at radius 1 is 1.37 bits per heavy atom. The third-order valence-corrected chi connectivity index (χ3v) is 3.11. The highest BCUT2D eigenvalue weighted by molar-refractivity contribution is 9.10. The van der Waals surface area contributed by atoms with Crippen LogP contribution < -0.4 is 21.7 Å². The molecule has 0 radical (unpaired) electrons. The zero-order valence-electron chi connectivity index (χ0n) is 10.1. The summed E-state index contributed by atoms with van der Waals surface area (Å²) in [5.74, 6) is 0.617. The standard InChI is InChI=1S/C12H12BrN3O3/c1-19-9-3-7(2-8(14)4-9)5-16-6-10(13)11(17)15-12(16)18/h2-4,6H,5,14H2,1H3,(H,15,17,18). The van der Waals surface area contributed by atoms with Crippen LogP contribution in [-0.4, -0.2) is 16.7 Å². The Balaban J connectivity index is 2.41. The second-order valence-corrected chi connectivity index (χ2v) is 4.83. The summed E-state index contributed by atoms with van der Waals surface area (Å²) in [5, 5.41) is 0. The smallest absolute Gasteiger partial charge is 0.328 e. The molecule has 0 unspecified atom stereocenters. The number of nitrogens with zero attached hydrogens (tertiary/aromatic N) is 1. The fourth-order valence-electron chi connectivity index (χ4n) is 1.69. The Labute approximate surface area is 117 Å². The first-order chi connectivity index (χ1) is 8.99. The van der Waals surface area contributed by atoms with Gasteiger partial charge < -0.3 is 10.5 Å². The van der Waals surface area contributed by atoms with Gasteiger partial charge in [-0.15, -0.1) is 0 Å². The van der Waals surface area contributed by atoms with Crippen molar-refractivity contribution < 1.29 is 4.74 Å². The molecule has 0 atom stereocenters. The van der Waals surface area contributed by atoms with Crippen molar-refractivity contribution >= 4 is 21.6 Å². The van der Waals surface area contributed by atoms with Crippen LogP contribution in [0.3, 0.4) is 0 Å². The summed E-state index contributed by atoms with van der Waals surface area (Å²) in [7, 11) is 1.54. The molecular formula is C12H12BrN3O3. The van der Waals surface area contributed by atoms with E-state index in [2.05, 4.69) is 20.9 Å². The molecule has 19 heavy (non-hydrogen) atoms. The van der Waals surface area contributed by atoms with Crippen LogP contribution in [0.25, 0.3) is 0 Å². The average molecular weight is 326 g/mol. The number of rotatable bonds is 3. The Kier molecular flexibility index (Phi) is 3.75. The maximum atomic E-state index is 11.7. The molecule has 2 rings (SSSR count). The molecule has 1 aromatic carbocycles. The summed E-state index contributed by atoms with van der Waals surface area (Å²) < 4.78 is 6.78. The summed E-state index contributed by atoms with van der Waals surface area (Å²) >= 11 is 3.08. The maximum absolute atomic E-state index is 11.7. The topological polar surface area (TPSA) is 90.1 Å². The molecule has 1 heterocycles. The summed E-state index contributed by atoms with van der Waals surface area (Å²) in [4.78, 5) is 25.1. The van der Waals surface area contributed by atoms with Gasteiger partial charge >= 0.3 is 5.69 Å². The number of hydrogen-bond donors (Lipinski definition) is 2. The minimum Gasteiger partial charge on any atom is -0.497 e.